The highest BCUT2D eigenvalue weighted by Gasteiger charge is 2.29. The first-order chi connectivity index (χ1) is 17.5. The van der Waals surface area contributed by atoms with Crippen LogP contribution in [0.1, 0.15) is 29.5 Å². The molecule has 1 N–H and O–H groups in total. The zero-order valence-corrected chi connectivity index (χ0v) is 22.8. The zero-order valence-electron chi connectivity index (χ0n) is 21.1. The molecule has 0 aromatic heterocycles. The fraction of sp³-hybridized carbons (Fsp3) is 0.296. The summed E-state index contributed by atoms with van der Waals surface area (Å²) in [6.45, 7) is 6.14. The molecule has 0 bridgehead atoms. The van der Waals surface area contributed by atoms with E-state index in [-0.39, 0.29) is 9.79 Å². The second-order valence-corrected chi connectivity index (χ2v) is 13.1. The predicted molar refractivity (Wildman–Crippen MR) is 145 cm³/mol. The Morgan fingerprint density at radius 3 is 1.97 bits per heavy atom. The molecule has 0 spiro atoms. The number of aryl methyl sites for hydroxylation is 3. The van der Waals surface area contributed by atoms with Gasteiger partial charge in [0.2, 0.25) is 15.9 Å². The number of hydrogen-bond donors (Lipinski definition) is 1. The van der Waals surface area contributed by atoms with Crippen molar-refractivity contribution < 1.29 is 21.6 Å². The first-order valence-corrected chi connectivity index (χ1v) is 14.9. The van der Waals surface area contributed by atoms with Crippen molar-refractivity contribution in [2.45, 2.75) is 43.4 Å². The first kappa shape index (κ1) is 26.8. The zero-order chi connectivity index (χ0) is 26.8. The number of sulfonamides is 2. The van der Waals surface area contributed by atoms with E-state index in [0.29, 0.717) is 24.5 Å². The number of hydrogen-bond acceptors (Lipinski definition) is 5. The van der Waals surface area contributed by atoms with Crippen molar-refractivity contribution in [2.75, 3.05) is 29.3 Å². The van der Waals surface area contributed by atoms with Crippen LogP contribution >= 0.6 is 0 Å². The lowest BCUT2D eigenvalue weighted by Gasteiger charge is -2.26. The monoisotopic (exact) mass is 541 g/mol. The lowest BCUT2D eigenvalue weighted by molar-refractivity contribution is -0.114. The average molecular weight is 542 g/mol. The molecule has 1 aliphatic heterocycles. The van der Waals surface area contributed by atoms with Crippen molar-refractivity contribution in [3.8, 4) is 0 Å². The average Bonchev–Trinajstić information content (AvgIpc) is 3.40. The van der Waals surface area contributed by atoms with Gasteiger partial charge < -0.3 is 5.32 Å². The van der Waals surface area contributed by atoms with Crippen LogP contribution in [0.2, 0.25) is 0 Å². The fourth-order valence-corrected chi connectivity index (χ4v) is 7.34. The maximum absolute atomic E-state index is 13.6. The van der Waals surface area contributed by atoms with Crippen molar-refractivity contribution >= 4 is 37.3 Å². The molecule has 4 rings (SSSR count). The standard InChI is InChI=1S/C27H31N3O5S2/c1-20-6-11-25(12-7-20)37(34,35)30(26-15-8-21(2)18-22(26)3)19-27(31)28-23-9-13-24(14-10-23)36(32,33)29-16-4-5-17-29/h6-15,18H,4-5,16-17,19H2,1-3H3,(H,28,31). The molecular weight excluding hydrogens is 510 g/mol. The molecule has 1 aliphatic rings. The summed E-state index contributed by atoms with van der Waals surface area (Å²) in [7, 11) is -7.61. The van der Waals surface area contributed by atoms with Gasteiger partial charge in [-0.3, -0.25) is 9.10 Å². The highest BCUT2D eigenvalue weighted by Crippen LogP contribution is 2.28. The van der Waals surface area contributed by atoms with Gasteiger partial charge in [-0.1, -0.05) is 35.4 Å². The largest absolute Gasteiger partial charge is 0.325 e. The molecule has 0 unspecified atom stereocenters. The van der Waals surface area contributed by atoms with Gasteiger partial charge in [0, 0.05) is 18.8 Å². The van der Waals surface area contributed by atoms with Gasteiger partial charge in [-0.15, -0.1) is 0 Å². The number of rotatable bonds is 8. The van der Waals surface area contributed by atoms with Crippen molar-refractivity contribution in [1.82, 2.24) is 4.31 Å². The van der Waals surface area contributed by atoms with Crippen molar-refractivity contribution in [1.29, 1.82) is 0 Å². The highest BCUT2D eigenvalue weighted by molar-refractivity contribution is 7.92. The summed E-state index contributed by atoms with van der Waals surface area (Å²) in [5.41, 5.74) is 3.40. The maximum Gasteiger partial charge on any atom is 0.264 e. The van der Waals surface area contributed by atoms with Crippen molar-refractivity contribution in [2.24, 2.45) is 0 Å². The number of anilines is 2. The van der Waals surface area contributed by atoms with Gasteiger partial charge in [-0.2, -0.15) is 4.31 Å². The van der Waals surface area contributed by atoms with Crippen molar-refractivity contribution in [3.05, 3.63) is 83.4 Å². The molecule has 8 nitrogen and oxygen atoms in total. The minimum Gasteiger partial charge on any atom is -0.325 e. The molecule has 0 aliphatic carbocycles. The summed E-state index contributed by atoms with van der Waals surface area (Å²) in [6, 6.07) is 17.8. The molecule has 0 radical (unpaired) electrons. The summed E-state index contributed by atoms with van der Waals surface area (Å²) < 4.78 is 55.3. The fourth-order valence-electron chi connectivity index (χ4n) is 4.34. The Bertz CT molecular complexity index is 1490. The number of nitrogens with zero attached hydrogens (tertiary/aromatic N) is 2. The Labute approximate surface area is 219 Å². The van der Waals surface area contributed by atoms with E-state index in [2.05, 4.69) is 5.32 Å². The van der Waals surface area contributed by atoms with Crippen LogP contribution in [0.15, 0.2) is 76.5 Å². The third-order valence-corrected chi connectivity index (χ3v) is 10.0. The lowest BCUT2D eigenvalue weighted by Crippen LogP contribution is -2.38. The Balaban J connectivity index is 1.58. The summed E-state index contributed by atoms with van der Waals surface area (Å²) >= 11 is 0. The summed E-state index contributed by atoms with van der Waals surface area (Å²) in [5, 5.41) is 2.70. The van der Waals surface area contributed by atoms with E-state index in [4.69, 9.17) is 0 Å². The molecule has 1 fully saturated rings. The van der Waals surface area contributed by atoms with Gasteiger partial charge in [-0.25, -0.2) is 16.8 Å². The highest BCUT2D eigenvalue weighted by atomic mass is 32.2. The number of benzene rings is 3. The molecule has 3 aromatic carbocycles. The van der Waals surface area contributed by atoms with Gasteiger partial charge in [0.05, 0.1) is 15.5 Å². The molecule has 1 heterocycles. The van der Waals surface area contributed by atoms with E-state index >= 15 is 0 Å². The van der Waals surface area contributed by atoms with Crippen LogP contribution in [0, 0.1) is 20.8 Å². The Morgan fingerprint density at radius 2 is 1.38 bits per heavy atom. The van der Waals surface area contributed by atoms with E-state index < -0.39 is 32.5 Å². The van der Waals surface area contributed by atoms with E-state index in [1.165, 1.54) is 40.7 Å². The minimum absolute atomic E-state index is 0.0855. The van der Waals surface area contributed by atoms with E-state index in [9.17, 15) is 21.6 Å². The van der Waals surface area contributed by atoms with Gasteiger partial charge in [-0.05, 0) is 81.6 Å². The molecule has 1 amide bonds. The number of carbonyl (C=O) groups is 1. The smallest absolute Gasteiger partial charge is 0.264 e. The van der Waals surface area contributed by atoms with Crippen LogP contribution in [0.4, 0.5) is 11.4 Å². The van der Waals surface area contributed by atoms with Gasteiger partial charge in [0.25, 0.3) is 10.0 Å². The molecule has 1 saturated heterocycles. The van der Waals surface area contributed by atoms with Crippen LogP contribution in [0.5, 0.6) is 0 Å². The van der Waals surface area contributed by atoms with Gasteiger partial charge in [0.1, 0.15) is 6.54 Å². The van der Waals surface area contributed by atoms with Crippen LogP contribution in [0.25, 0.3) is 0 Å². The summed E-state index contributed by atoms with van der Waals surface area (Å²) in [6.07, 6.45) is 1.69. The van der Waals surface area contributed by atoms with Gasteiger partial charge in [0.15, 0.2) is 0 Å². The Hall–Kier alpha value is -3.21. The van der Waals surface area contributed by atoms with Crippen LogP contribution in [-0.2, 0) is 24.8 Å². The summed E-state index contributed by atoms with van der Waals surface area (Å²) in [4.78, 5) is 13.3. The molecule has 10 heteroatoms. The molecule has 0 atom stereocenters. The third-order valence-electron chi connectivity index (χ3n) is 6.36. The van der Waals surface area contributed by atoms with E-state index in [1.807, 2.05) is 19.9 Å². The van der Waals surface area contributed by atoms with Crippen molar-refractivity contribution in [3.63, 3.8) is 0 Å². The molecule has 196 valence electrons. The Morgan fingerprint density at radius 1 is 0.811 bits per heavy atom. The number of carbonyl (C=O) groups excluding carboxylic acids is 1. The van der Waals surface area contributed by atoms with Crippen LogP contribution in [-0.4, -0.2) is 46.7 Å². The van der Waals surface area contributed by atoms with Crippen LogP contribution in [0.3, 0.4) is 0 Å². The van der Waals surface area contributed by atoms with Crippen LogP contribution < -0.4 is 9.62 Å². The normalized spacial score (nSPS) is 14.5. The lowest BCUT2D eigenvalue weighted by atomic mass is 10.1. The van der Waals surface area contributed by atoms with E-state index in [1.54, 1.807) is 31.2 Å². The Kier molecular flexibility index (Phi) is 7.72. The first-order valence-electron chi connectivity index (χ1n) is 12.1. The second kappa shape index (κ2) is 10.6. The topological polar surface area (TPSA) is 104 Å². The number of amides is 1. The summed E-state index contributed by atoms with van der Waals surface area (Å²) in [5.74, 6) is -0.550. The SMILES string of the molecule is Cc1ccc(S(=O)(=O)N(CC(=O)Nc2ccc(S(=O)(=O)N3CCCC3)cc2)c2ccc(C)cc2C)cc1. The number of nitrogens with one attached hydrogen (secondary N) is 1. The third kappa shape index (κ3) is 5.87. The molecule has 0 saturated carbocycles. The predicted octanol–water partition coefficient (Wildman–Crippen LogP) is 4.23. The molecule has 3 aromatic rings. The van der Waals surface area contributed by atoms with Gasteiger partial charge >= 0.3 is 0 Å². The molecule has 37 heavy (non-hydrogen) atoms. The second-order valence-electron chi connectivity index (χ2n) is 9.30. The molecular formula is C27H31N3O5S2. The quantitative estimate of drug-likeness (QED) is 0.460. The maximum atomic E-state index is 13.6. The minimum atomic E-state index is -4.04. The van der Waals surface area contributed by atoms with E-state index in [0.717, 1.165) is 33.8 Å².